The molecule has 118 valence electrons. The third-order valence-corrected chi connectivity index (χ3v) is 4.49. The van der Waals surface area contributed by atoms with Crippen LogP contribution in [0.4, 0.5) is 0 Å². The highest BCUT2D eigenvalue weighted by Gasteiger charge is 2.37. The minimum absolute atomic E-state index is 0.159. The molecular formula is C19H19NO3. The highest BCUT2D eigenvalue weighted by Crippen LogP contribution is 2.33. The number of Topliss-reactive ketones (excluding diaryl/α,β-unsaturated/α-hetero) is 1. The minimum atomic E-state index is -0.223. The molecule has 0 radical (unpaired) electrons. The van der Waals surface area contributed by atoms with Gasteiger partial charge in [0.1, 0.15) is 5.69 Å². The van der Waals surface area contributed by atoms with Gasteiger partial charge in [-0.2, -0.15) is 0 Å². The molecule has 1 aromatic carbocycles. The third kappa shape index (κ3) is 2.17. The number of carbonyl (C=O) groups excluding carboxylic acids is 3. The lowest BCUT2D eigenvalue weighted by atomic mass is 9.85. The van der Waals surface area contributed by atoms with Crippen LogP contribution in [0.3, 0.4) is 0 Å². The number of aromatic nitrogens is 1. The fourth-order valence-corrected chi connectivity index (χ4v) is 3.38. The summed E-state index contributed by atoms with van der Waals surface area (Å²) in [7, 11) is 1.77. The zero-order valence-electron chi connectivity index (χ0n) is 13.6. The number of unbranched alkanes of at least 4 members (excludes halogenated alkanes) is 1. The average molecular weight is 309 g/mol. The van der Waals surface area contributed by atoms with Gasteiger partial charge >= 0.3 is 0 Å². The molecule has 4 nitrogen and oxygen atoms in total. The van der Waals surface area contributed by atoms with Crippen molar-refractivity contribution in [3.8, 4) is 0 Å². The smallest absolute Gasteiger partial charge is 0.210 e. The Morgan fingerprint density at radius 3 is 2.26 bits per heavy atom. The summed E-state index contributed by atoms with van der Waals surface area (Å²) in [5.74, 6) is -0.560. The molecule has 1 aliphatic carbocycles. The Kier molecular flexibility index (Phi) is 3.76. The van der Waals surface area contributed by atoms with E-state index in [9.17, 15) is 14.4 Å². The molecule has 0 amide bonds. The van der Waals surface area contributed by atoms with E-state index in [0.29, 0.717) is 28.8 Å². The Morgan fingerprint density at radius 1 is 1.09 bits per heavy atom. The molecule has 1 aromatic heterocycles. The molecule has 0 atom stereocenters. The van der Waals surface area contributed by atoms with Gasteiger partial charge in [0, 0.05) is 23.9 Å². The fraction of sp³-hybridized carbons (Fsp3) is 0.316. The van der Waals surface area contributed by atoms with Crippen molar-refractivity contribution in [2.24, 2.45) is 7.05 Å². The van der Waals surface area contributed by atoms with Crippen LogP contribution in [0.5, 0.6) is 0 Å². The van der Waals surface area contributed by atoms with Crippen LogP contribution in [0, 0.1) is 0 Å². The summed E-state index contributed by atoms with van der Waals surface area (Å²) in [5, 5.41) is 0. The number of benzene rings is 1. The molecule has 1 aliphatic rings. The maximum atomic E-state index is 12.9. The fourth-order valence-electron chi connectivity index (χ4n) is 3.38. The zero-order valence-corrected chi connectivity index (χ0v) is 13.6. The number of carbonyl (C=O) groups is 3. The van der Waals surface area contributed by atoms with Crippen LogP contribution in [-0.4, -0.2) is 21.9 Å². The second-order valence-electron chi connectivity index (χ2n) is 5.97. The molecule has 0 N–H and O–H groups in total. The molecule has 0 fully saturated rings. The van der Waals surface area contributed by atoms with E-state index in [1.807, 2.05) is 0 Å². The second-order valence-corrected chi connectivity index (χ2v) is 5.97. The molecule has 23 heavy (non-hydrogen) atoms. The van der Waals surface area contributed by atoms with Crippen LogP contribution in [0.15, 0.2) is 24.3 Å². The van der Waals surface area contributed by atoms with Crippen LogP contribution < -0.4 is 0 Å². The Labute approximate surface area is 135 Å². The van der Waals surface area contributed by atoms with Gasteiger partial charge < -0.3 is 4.57 Å². The van der Waals surface area contributed by atoms with Crippen molar-refractivity contribution in [3.63, 3.8) is 0 Å². The summed E-state index contributed by atoms with van der Waals surface area (Å²) in [4.78, 5) is 38.0. The summed E-state index contributed by atoms with van der Waals surface area (Å²) in [6.45, 7) is 3.53. The molecule has 3 rings (SSSR count). The van der Waals surface area contributed by atoms with Crippen molar-refractivity contribution >= 4 is 17.3 Å². The molecule has 0 unspecified atom stereocenters. The number of fused-ring (bicyclic) bond motifs is 2. The van der Waals surface area contributed by atoms with Gasteiger partial charge in [-0.1, -0.05) is 37.6 Å². The highest BCUT2D eigenvalue weighted by molar-refractivity contribution is 6.30. The first-order valence-corrected chi connectivity index (χ1v) is 7.89. The monoisotopic (exact) mass is 309 g/mol. The van der Waals surface area contributed by atoms with Crippen LogP contribution >= 0.6 is 0 Å². The maximum absolute atomic E-state index is 12.9. The summed E-state index contributed by atoms with van der Waals surface area (Å²) >= 11 is 0. The van der Waals surface area contributed by atoms with E-state index in [1.54, 1.807) is 35.9 Å². The van der Waals surface area contributed by atoms with Gasteiger partial charge in [0.15, 0.2) is 11.6 Å². The lowest BCUT2D eigenvalue weighted by molar-refractivity contribution is 0.0966. The average Bonchev–Trinajstić information content (AvgIpc) is 2.84. The van der Waals surface area contributed by atoms with Crippen LogP contribution in [-0.2, 0) is 13.5 Å². The van der Waals surface area contributed by atoms with Gasteiger partial charge in [-0.3, -0.25) is 14.4 Å². The normalized spacial score (nSPS) is 13.0. The van der Waals surface area contributed by atoms with Gasteiger partial charge in [-0.25, -0.2) is 0 Å². The van der Waals surface area contributed by atoms with Crippen molar-refractivity contribution in [2.45, 2.75) is 33.1 Å². The summed E-state index contributed by atoms with van der Waals surface area (Å²) in [6, 6.07) is 6.82. The number of ketones is 3. The van der Waals surface area contributed by atoms with Crippen LogP contribution in [0.2, 0.25) is 0 Å². The quantitative estimate of drug-likeness (QED) is 0.694. The molecular weight excluding hydrogens is 290 g/mol. The maximum Gasteiger partial charge on any atom is 0.210 e. The number of rotatable bonds is 4. The van der Waals surface area contributed by atoms with E-state index in [0.717, 1.165) is 18.5 Å². The van der Waals surface area contributed by atoms with Crippen molar-refractivity contribution in [3.05, 3.63) is 57.9 Å². The van der Waals surface area contributed by atoms with E-state index < -0.39 is 0 Å². The molecule has 4 heteroatoms. The van der Waals surface area contributed by atoms with Crippen molar-refractivity contribution < 1.29 is 14.4 Å². The molecule has 0 saturated heterocycles. The molecule has 2 aromatic rings. The Hall–Kier alpha value is -2.49. The SMILES string of the molecule is CCCCc1c(C(C)=O)c2c(n1C)C(=O)c1ccccc1C2=O. The second kappa shape index (κ2) is 5.61. The van der Waals surface area contributed by atoms with E-state index in [2.05, 4.69) is 6.92 Å². The molecule has 0 aliphatic heterocycles. The zero-order chi connectivity index (χ0) is 16.7. The van der Waals surface area contributed by atoms with Crippen LogP contribution in [0.1, 0.15) is 74.7 Å². The predicted molar refractivity (Wildman–Crippen MR) is 87.3 cm³/mol. The summed E-state index contributed by atoms with van der Waals surface area (Å²) < 4.78 is 1.75. The third-order valence-electron chi connectivity index (χ3n) is 4.49. The summed E-state index contributed by atoms with van der Waals surface area (Å²) in [5.41, 5.74) is 2.66. The first-order valence-electron chi connectivity index (χ1n) is 7.89. The highest BCUT2D eigenvalue weighted by atomic mass is 16.1. The summed E-state index contributed by atoms with van der Waals surface area (Å²) in [6.07, 6.45) is 2.58. The first-order chi connectivity index (χ1) is 11.0. The lowest BCUT2D eigenvalue weighted by Gasteiger charge is -2.16. The number of nitrogens with zero attached hydrogens (tertiary/aromatic N) is 1. The van der Waals surface area contributed by atoms with Gasteiger partial charge in [-0.15, -0.1) is 0 Å². The van der Waals surface area contributed by atoms with Crippen molar-refractivity contribution in [1.82, 2.24) is 4.57 Å². The lowest BCUT2D eigenvalue weighted by Crippen LogP contribution is -2.23. The number of hydrogen-bond donors (Lipinski definition) is 0. The standard InChI is InChI=1S/C19H19NO3/c1-4-5-10-14-15(11(2)21)16-17(20(14)3)19(23)13-9-7-6-8-12(13)18(16)22/h6-9H,4-5,10H2,1-3H3. The van der Waals surface area contributed by atoms with Gasteiger partial charge in [0.2, 0.25) is 5.78 Å². The van der Waals surface area contributed by atoms with Gasteiger partial charge in [0.25, 0.3) is 0 Å². The Balaban J connectivity index is 2.31. The molecule has 1 heterocycles. The molecule has 0 saturated carbocycles. The van der Waals surface area contributed by atoms with E-state index in [-0.39, 0.29) is 22.9 Å². The van der Waals surface area contributed by atoms with Crippen LogP contribution in [0.25, 0.3) is 0 Å². The molecule has 0 bridgehead atoms. The Morgan fingerprint density at radius 2 is 1.70 bits per heavy atom. The first kappa shape index (κ1) is 15.4. The predicted octanol–water partition coefficient (Wildman–Crippen LogP) is 3.35. The van der Waals surface area contributed by atoms with Gasteiger partial charge in [0.05, 0.1) is 11.1 Å². The van der Waals surface area contributed by atoms with E-state index in [4.69, 9.17) is 0 Å². The van der Waals surface area contributed by atoms with Crippen molar-refractivity contribution in [2.75, 3.05) is 0 Å². The Bertz CT molecular complexity index is 843. The minimum Gasteiger partial charge on any atom is -0.344 e. The largest absolute Gasteiger partial charge is 0.344 e. The van der Waals surface area contributed by atoms with E-state index in [1.165, 1.54) is 6.92 Å². The van der Waals surface area contributed by atoms with E-state index >= 15 is 0 Å². The topological polar surface area (TPSA) is 56.1 Å². The van der Waals surface area contributed by atoms with Gasteiger partial charge in [-0.05, 0) is 19.8 Å². The van der Waals surface area contributed by atoms with Crippen molar-refractivity contribution in [1.29, 1.82) is 0 Å². The molecule has 0 spiro atoms. The number of hydrogen-bond acceptors (Lipinski definition) is 3.